The van der Waals surface area contributed by atoms with Crippen LogP contribution in [0.15, 0.2) is 12.2 Å². The Kier molecular flexibility index (Phi) is 4.32. The molecule has 0 aromatic rings. The Morgan fingerprint density at radius 3 is 2.92 bits per heavy atom. The van der Waals surface area contributed by atoms with E-state index in [1.165, 1.54) is 5.75 Å². The molecule has 1 aliphatic heterocycles. The molecule has 1 aliphatic rings. The van der Waals surface area contributed by atoms with Gasteiger partial charge in [0.2, 0.25) is 0 Å². The largest absolute Gasteiger partial charge is 0.478 e. The molecule has 1 rings (SSSR count). The van der Waals surface area contributed by atoms with Gasteiger partial charge >= 0.3 is 5.97 Å². The fourth-order valence-electron chi connectivity index (χ4n) is 1.29. The Morgan fingerprint density at radius 2 is 2.23 bits per heavy atom. The van der Waals surface area contributed by atoms with E-state index in [0.29, 0.717) is 12.1 Å². The van der Waals surface area contributed by atoms with Crippen molar-refractivity contribution in [3.63, 3.8) is 0 Å². The molecule has 1 heterocycles. The van der Waals surface area contributed by atoms with Crippen LogP contribution < -0.4 is 0 Å². The zero-order chi connectivity index (χ0) is 9.68. The van der Waals surface area contributed by atoms with Gasteiger partial charge < -0.3 is 5.11 Å². The molecule has 1 fully saturated rings. The molecule has 13 heavy (non-hydrogen) atoms. The SMILES string of the molecule is C=C(CN1CCCSCC1)C(=O)O. The van der Waals surface area contributed by atoms with Crippen molar-refractivity contribution in [1.29, 1.82) is 0 Å². The molecular formula is C9H15NO2S. The summed E-state index contributed by atoms with van der Waals surface area (Å²) in [6.45, 7) is 6.02. The first-order valence-corrected chi connectivity index (χ1v) is 5.57. The predicted molar refractivity (Wildman–Crippen MR) is 55.2 cm³/mol. The molecule has 4 heteroatoms. The second-order valence-electron chi connectivity index (χ2n) is 3.15. The highest BCUT2D eigenvalue weighted by atomic mass is 32.2. The summed E-state index contributed by atoms with van der Waals surface area (Å²) in [7, 11) is 0. The van der Waals surface area contributed by atoms with Gasteiger partial charge in [-0.25, -0.2) is 4.79 Å². The lowest BCUT2D eigenvalue weighted by Gasteiger charge is -2.18. The number of carboxylic acid groups (broad SMARTS) is 1. The maximum atomic E-state index is 10.5. The van der Waals surface area contributed by atoms with Crippen molar-refractivity contribution in [1.82, 2.24) is 4.90 Å². The number of nitrogens with zero attached hydrogens (tertiary/aromatic N) is 1. The summed E-state index contributed by atoms with van der Waals surface area (Å²) in [5.41, 5.74) is 0.298. The van der Waals surface area contributed by atoms with E-state index in [1.54, 1.807) is 0 Å². The van der Waals surface area contributed by atoms with E-state index in [4.69, 9.17) is 5.11 Å². The lowest BCUT2D eigenvalue weighted by Crippen LogP contribution is -2.29. The van der Waals surface area contributed by atoms with Gasteiger partial charge in [-0.1, -0.05) is 6.58 Å². The molecule has 0 unspecified atom stereocenters. The lowest BCUT2D eigenvalue weighted by molar-refractivity contribution is -0.132. The van der Waals surface area contributed by atoms with Gasteiger partial charge in [-0.05, 0) is 18.7 Å². The normalized spacial score (nSPS) is 19.4. The number of carboxylic acids is 1. The maximum absolute atomic E-state index is 10.5. The summed E-state index contributed by atoms with van der Waals surface area (Å²) < 4.78 is 0. The molecule has 0 radical (unpaired) electrons. The Bertz CT molecular complexity index is 198. The van der Waals surface area contributed by atoms with Gasteiger partial charge in [-0.2, -0.15) is 11.8 Å². The maximum Gasteiger partial charge on any atom is 0.332 e. The van der Waals surface area contributed by atoms with Crippen molar-refractivity contribution < 1.29 is 9.90 Å². The predicted octanol–water partition coefficient (Wildman–Crippen LogP) is 1.07. The van der Waals surface area contributed by atoms with Crippen LogP contribution >= 0.6 is 11.8 Å². The Hall–Kier alpha value is -0.480. The lowest BCUT2D eigenvalue weighted by atomic mass is 10.2. The molecular weight excluding hydrogens is 186 g/mol. The first-order chi connectivity index (χ1) is 6.20. The number of rotatable bonds is 3. The Morgan fingerprint density at radius 1 is 1.46 bits per heavy atom. The fourth-order valence-corrected chi connectivity index (χ4v) is 2.22. The van der Waals surface area contributed by atoms with E-state index in [2.05, 4.69) is 11.5 Å². The molecule has 0 spiro atoms. The van der Waals surface area contributed by atoms with Gasteiger partial charge in [0, 0.05) is 24.4 Å². The average molecular weight is 201 g/mol. The van der Waals surface area contributed by atoms with E-state index in [1.807, 2.05) is 11.8 Å². The van der Waals surface area contributed by atoms with E-state index < -0.39 is 5.97 Å². The topological polar surface area (TPSA) is 40.5 Å². The number of thioether (sulfide) groups is 1. The molecule has 0 atom stereocenters. The van der Waals surface area contributed by atoms with Crippen LogP contribution in [0, 0.1) is 0 Å². The molecule has 0 amide bonds. The minimum absolute atomic E-state index is 0.298. The minimum atomic E-state index is -0.878. The van der Waals surface area contributed by atoms with Crippen LogP contribution in [0.3, 0.4) is 0 Å². The zero-order valence-electron chi connectivity index (χ0n) is 7.66. The second-order valence-corrected chi connectivity index (χ2v) is 4.38. The van der Waals surface area contributed by atoms with Gasteiger partial charge in [0.05, 0.1) is 0 Å². The van der Waals surface area contributed by atoms with E-state index >= 15 is 0 Å². The molecule has 1 saturated heterocycles. The number of hydrogen-bond donors (Lipinski definition) is 1. The third kappa shape index (κ3) is 3.83. The smallest absolute Gasteiger partial charge is 0.332 e. The van der Waals surface area contributed by atoms with E-state index in [0.717, 1.165) is 25.3 Å². The quantitative estimate of drug-likeness (QED) is 0.693. The molecule has 0 aliphatic carbocycles. The first-order valence-electron chi connectivity index (χ1n) is 4.41. The highest BCUT2D eigenvalue weighted by Crippen LogP contribution is 2.10. The van der Waals surface area contributed by atoms with Crippen molar-refractivity contribution in [3.8, 4) is 0 Å². The number of hydrogen-bond acceptors (Lipinski definition) is 3. The van der Waals surface area contributed by atoms with Crippen LogP contribution in [0.1, 0.15) is 6.42 Å². The van der Waals surface area contributed by atoms with Gasteiger partial charge in [-0.15, -0.1) is 0 Å². The van der Waals surface area contributed by atoms with Crippen LogP contribution in [-0.2, 0) is 4.79 Å². The third-order valence-electron chi connectivity index (χ3n) is 2.03. The summed E-state index contributed by atoms with van der Waals surface area (Å²) in [6.07, 6.45) is 1.15. The van der Waals surface area contributed by atoms with Crippen molar-refractivity contribution in [2.45, 2.75) is 6.42 Å². The van der Waals surface area contributed by atoms with Gasteiger partial charge in [-0.3, -0.25) is 4.90 Å². The highest BCUT2D eigenvalue weighted by Gasteiger charge is 2.12. The summed E-state index contributed by atoms with van der Waals surface area (Å²) in [5.74, 6) is 1.42. The Balaban J connectivity index is 2.33. The average Bonchev–Trinajstić information content (AvgIpc) is 2.32. The van der Waals surface area contributed by atoms with Gasteiger partial charge in [0.1, 0.15) is 0 Å². The van der Waals surface area contributed by atoms with Gasteiger partial charge in [0.25, 0.3) is 0 Å². The first kappa shape index (κ1) is 10.6. The molecule has 3 nitrogen and oxygen atoms in total. The molecule has 0 aromatic heterocycles. The molecule has 0 bridgehead atoms. The third-order valence-corrected chi connectivity index (χ3v) is 3.08. The van der Waals surface area contributed by atoms with Crippen molar-refractivity contribution in [2.75, 3.05) is 31.1 Å². The van der Waals surface area contributed by atoms with Crippen LogP contribution in [0.2, 0.25) is 0 Å². The summed E-state index contributed by atoms with van der Waals surface area (Å²) in [6, 6.07) is 0. The molecule has 0 aromatic carbocycles. The monoisotopic (exact) mass is 201 g/mol. The molecule has 0 saturated carbocycles. The van der Waals surface area contributed by atoms with Crippen molar-refractivity contribution in [2.24, 2.45) is 0 Å². The summed E-state index contributed by atoms with van der Waals surface area (Å²) in [5, 5.41) is 8.65. The van der Waals surface area contributed by atoms with Crippen LogP contribution in [0.25, 0.3) is 0 Å². The molecule has 1 N–H and O–H groups in total. The number of carbonyl (C=O) groups is 1. The number of aliphatic carboxylic acids is 1. The minimum Gasteiger partial charge on any atom is -0.478 e. The second kappa shape index (κ2) is 5.29. The van der Waals surface area contributed by atoms with Crippen LogP contribution in [-0.4, -0.2) is 47.1 Å². The van der Waals surface area contributed by atoms with E-state index in [-0.39, 0.29) is 0 Å². The van der Waals surface area contributed by atoms with Crippen molar-refractivity contribution in [3.05, 3.63) is 12.2 Å². The summed E-state index contributed by atoms with van der Waals surface area (Å²) >= 11 is 1.94. The Labute approximate surface area is 82.8 Å². The fraction of sp³-hybridized carbons (Fsp3) is 0.667. The van der Waals surface area contributed by atoms with Crippen LogP contribution in [0.5, 0.6) is 0 Å². The summed E-state index contributed by atoms with van der Waals surface area (Å²) in [4.78, 5) is 12.7. The van der Waals surface area contributed by atoms with Crippen LogP contribution in [0.4, 0.5) is 0 Å². The van der Waals surface area contributed by atoms with E-state index in [9.17, 15) is 4.79 Å². The van der Waals surface area contributed by atoms with Crippen molar-refractivity contribution >= 4 is 17.7 Å². The molecule has 74 valence electrons. The highest BCUT2D eigenvalue weighted by molar-refractivity contribution is 7.99. The standard InChI is InChI=1S/C9H15NO2S/c1-8(9(11)12)7-10-3-2-5-13-6-4-10/h1-7H2,(H,11,12). The zero-order valence-corrected chi connectivity index (χ0v) is 8.48. The van der Waals surface area contributed by atoms with Gasteiger partial charge in [0.15, 0.2) is 0 Å².